The lowest BCUT2D eigenvalue weighted by atomic mass is 10.1. The van der Waals surface area contributed by atoms with E-state index in [0.29, 0.717) is 0 Å². The zero-order valence-electron chi connectivity index (χ0n) is 10.4. The Balaban J connectivity index is 2.13. The first-order valence-corrected chi connectivity index (χ1v) is 7.39. The van der Waals surface area contributed by atoms with Gasteiger partial charge < -0.3 is 10.6 Å². The summed E-state index contributed by atoms with van der Waals surface area (Å²) < 4.78 is 1.13. The summed E-state index contributed by atoms with van der Waals surface area (Å²) in [6.45, 7) is 2.83. The van der Waals surface area contributed by atoms with E-state index in [1.807, 2.05) is 32.3 Å². The van der Waals surface area contributed by atoms with Gasteiger partial charge in [0.05, 0.1) is 6.54 Å². The molecule has 18 heavy (non-hydrogen) atoms. The van der Waals surface area contributed by atoms with Crippen LogP contribution in [0, 0.1) is 0 Å². The molecule has 0 radical (unpaired) electrons. The van der Waals surface area contributed by atoms with E-state index < -0.39 is 0 Å². The van der Waals surface area contributed by atoms with Gasteiger partial charge in [-0.2, -0.15) is 0 Å². The highest BCUT2D eigenvalue weighted by Gasteiger charge is 2.07. The minimum Gasteiger partial charge on any atom is -0.355 e. The monoisotopic (exact) mass is 325 g/mol. The lowest BCUT2D eigenvalue weighted by molar-refractivity contribution is 0.810. The molecular formula is C13H16BrN3S. The summed E-state index contributed by atoms with van der Waals surface area (Å²) in [5.41, 5.74) is 7.00. The Morgan fingerprint density at radius 2 is 2.28 bits per heavy atom. The highest BCUT2D eigenvalue weighted by atomic mass is 79.9. The van der Waals surface area contributed by atoms with E-state index in [4.69, 9.17) is 5.73 Å². The zero-order chi connectivity index (χ0) is 13.1. The first-order valence-electron chi connectivity index (χ1n) is 5.72. The van der Waals surface area contributed by atoms with Crippen LogP contribution in [0.25, 0.3) is 0 Å². The largest absolute Gasteiger partial charge is 0.355 e. The Morgan fingerprint density at radius 3 is 2.89 bits per heavy atom. The lowest BCUT2D eigenvalue weighted by Crippen LogP contribution is -2.17. The molecule has 2 aromatic heterocycles. The van der Waals surface area contributed by atoms with Crippen molar-refractivity contribution in [3.05, 3.63) is 44.7 Å². The minimum absolute atomic E-state index is 0.0380. The average Bonchev–Trinajstić information content (AvgIpc) is 2.75. The molecule has 0 saturated heterocycles. The molecule has 2 aromatic rings. The fourth-order valence-corrected chi connectivity index (χ4v) is 3.18. The van der Waals surface area contributed by atoms with Crippen LogP contribution < -0.4 is 10.6 Å². The predicted octanol–water partition coefficient (Wildman–Crippen LogP) is 3.56. The Labute approximate surface area is 120 Å². The summed E-state index contributed by atoms with van der Waals surface area (Å²) >= 11 is 5.21. The van der Waals surface area contributed by atoms with Gasteiger partial charge in [0.1, 0.15) is 5.82 Å². The van der Waals surface area contributed by atoms with Crippen LogP contribution in [0.2, 0.25) is 0 Å². The molecule has 96 valence electrons. The quantitative estimate of drug-likeness (QED) is 0.934. The number of pyridine rings is 1. The maximum absolute atomic E-state index is 5.89. The van der Waals surface area contributed by atoms with Gasteiger partial charge in [0.25, 0.3) is 0 Å². The van der Waals surface area contributed by atoms with Crippen molar-refractivity contribution < 1.29 is 0 Å². The summed E-state index contributed by atoms with van der Waals surface area (Å²) in [5.74, 6) is 0.953. The zero-order valence-corrected chi connectivity index (χ0v) is 12.8. The highest BCUT2D eigenvalue weighted by Crippen LogP contribution is 2.23. The third-order valence-electron chi connectivity index (χ3n) is 2.70. The van der Waals surface area contributed by atoms with Gasteiger partial charge in [-0.25, -0.2) is 4.98 Å². The molecule has 2 heterocycles. The van der Waals surface area contributed by atoms with Gasteiger partial charge in [0, 0.05) is 34.0 Å². The molecule has 0 saturated carbocycles. The Morgan fingerprint density at radius 1 is 1.50 bits per heavy atom. The van der Waals surface area contributed by atoms with Crippen LogP contribution >= 0.6 is 27.3 Å². The molecule has 0 fully saturated rings. The molecule has 0 unspecified atom stereocenters. The molecule has 2 N–H and O–H groups in total. The topological polar surface area (TPSA) is 42.1 Å². The van der Waals surface area contributed by atoms with Crippen molar-refractivity contribution in [1.82, 2.24) is 4.98 Å². The maximum Gasteiger partial charge on any atom is 0.128 e. The molecule has 1 atom stereocenters. The van der Waals surface area contributed by atoms with E-state index >= 15 is 0 Å². The first kappa shape index (κ1) is 13.5. The van der Waals surface area contributed by atoms with Crippen LogP contribution in [0.5, 0.6) is 0 Å². The Hall–Kier alpha value is -0.910. The second-order valence-electron chi connectivity index (χ2n) is 4.32. The van der Waals surface area contributed by atoms with E-state index in [1.165, 1.54) is 4.88 Å². The van der Waals surface area contributed by atoms with E-state index in [2.05, 4.69) is 37.3 Å². The number of rotatable bonds is 4. The lowest BCUT2D eigenvalue weighted by Gasteiger charge is -2.18. The number of hydrogen-bond donors (Lipinski definition) is 1. The number of halogens is 1. The third kappa shape index (κ3) is 3.31. The molecule has 0 aliphatic carbocycles. The summed E-state index contributed by atoms with van der Waals surface area (Å²) in [6.07, 6.45) is 1.81. The number of nitrogens with two attached hydrogens (primary N) is 1. The molecule has 0 bridgehead atoms. The second-order valence-corrected chi connectivity index (χ2v) is 6.23. The number of anilines is 1. The van der Waals surface area contributed by atoms with Crippen LogP contribution in [-0.4, -0.2) is 12.0 Å². The van der Waals surface area contributed by atoms with Gasteiger partial charge in [-0.1, -0.05) is 0 Å². The second kappa shape index (κ2) is 5.82. The number of nitrogens with zero attached hydrogens (tertiary/aromatic N) is 2. The fourth-order valence-electron chi connectivity index (χ4n) is 1.68. The van der Waals surface area contributed by atoms with Crippen molar-refractivity contribution in [2.45, 2.75) is 19.5 Å². The third-order valence-corrected chi connectivity index (χ3v) is 4.38. The standard InChI is InChI=1S/C13H16BrN3S/c1-9(15)10-3-4-16-13(5-10)17(2)7-12-6-11(14)8-18-12/h3-6,8-9H,7,15H2,1-2H3/t9-/m0/s1. The van der Waals surface area contributed by atoms with Crippen LogP contribution in [0.4, 0.5) is 5.82 Å². The van der Waals surface area contributed by atoms with Gasteiger partial charge >= 0.3 is 0 Å². The molecule has 0 amide bonds. The van der Waals surface area contributed by atoms with E-state index in [-0.39, 0.29) is 6.04 Å². The first-order chi connectivity index (χ1) is 8.56. The maximum atomic E-state index is 5.89. The summed E-state index contributed by atoms with van der Waals surface area (Å²) in [7, 11) is 2.04. The van der Waals surface area contributed by atoms with Crippen LogP contribution in [0.15, 0.2) is 34.2 Å². The number of thiophene rings is 1. The Bertz CT molecular complexity index is 524. The smallest absolute Gasteiger partial charge is 0.128 e. The van der Waals surface area contributed by atoms with Gasteiger partial charge in [0.2, 0.25) is 0 Å². The molecule has 0 spiro atoms. The summed E-state index contributed by atoms with van der Waals surface area (Å²) in [6, 6.07) is 6.18. The highest BCUT2D eigenvalue weighted by molar-refractivity contribution is 9.10. The fraction of sp³-hybridized carbons (Fsp3) is 0.308. The molecular weight excluding hydrogens is 310 g/mol. The van der Waals surface area contributed by atoms with Crippen molar-refractivity contribution in [2.24, 2.45) is 5.73 Å². The van der Waals surface area contributed by atoms with E-state index in [1.54, 1.807) is 11.3 Å². The van der Waals surface area contributed by atoms with E-state index in [9.17, 15) is 0 Å². The SMILES string of the molecule is C[C@H](N)c1ccnc(N(C)Cc2cc(Br)cs2)c1. The van der Waals surface area contributed by atoms with Crippen molar-refractivity contribution in [3.8, 4) is 0 Å². The van der Waals surface area contributed by atoms with Gasteiger partial charge in [-0.3, -0.25) is 0 Å². The predicted molar refractivity (Wildman–Crippen MR) is 81.0 cm³/mol. The summed E-state index contributed by atoms with van der Waals surface area (Å²) in [4.78, 5) is 7.82. The molecule has 0 aromatic carbocycles. The van der Waals surface area contributed by atoms with Crippen LogP contribution in [0.1, 0.15) is 23.4 Å². The summed E-state index contributed by atoms with van der Waals surface area (Å²) in [5, 5.41) is 2.09. The van der Waals surface area contributed by atoms with Crippen molar-refractivity contribution in [2.75, 3.05) is 11.9 Å². The molecule has 0 aliphatic heterocycles. The average molecular weight is 326 g/mol. The van der Waals surface area contributed by atoms with Gasteiger partial charge in [-0.05, 0) is 46.6 Å². The molecule has 5 heteroatoms. The van der Waals surface area contributed by atoms with Gasteiger partial charge in [-0.15, -0.1) is 11.3 Å². The van der Waals surface area contributed by atoms with Gasteiger partial charge in [0.15, 0.2) is 0 Å². The molecule has 0 aliphatic rings. The van der Waals surface area contributed by atoms with Crippen molar-refractivity contribution in [1.29, 1.82) is 0 Å². The van der Waals surface area contributed by atoms with Crippen LogP contribution in [-0.2, 0) is 6.54 Å². The van der Waals surface area contributed by atoms with E-state index in [0.717, 1.165) is 22.4 Å². The van der Waals surface area contributed by atoms with Crippen molar-refractivity contribution in [3.63, 3.8) is 0 Å². The number of aromatic nitrogens is 1. The van der Waals surface area contributed by atoms with Crippen LogP contribution in [0.3, 0.4) is 0 Å². The minimum atomic E-state index is 0.0380. The number of hydrogen-bond acceptors (Lipinski definition) is 4. The van der Waals surface area contributed by atoms with Crippen molar-refractivity contribution >= 4 is 33.1 Å². The molecule has 2 rings (SSSR count). The molecule has 3 nitrogen and oxygen atoms in total. The normalized spacial score (nSPS) is 12.4. The Kier molecular flexibility index (Phi) is 4.37.